The summed E-state index contributed by atoms with van der Waals surface area (Å²) in [5, 5.41) is 0. The first kappa shape index (κ1) is 9.11. The molecule has 1 nitrogen and oxygen atoms in total. The van der Waals surface area contributed by atoms with Gasteiger partial charge in [0, 0.05) is 22.8 Å². The average Bonchev–Trinajstić information content (AvgIpc) is 2.17. The summed E-state index contributed by atoms with van der Waals surface area (Å²) in [6, 6.07) is 14.1. The second kappa shape index (κ2) is 3.61. The molecule has 0 fully saturated rings. The van der Waals surface area contributed by atoms with Gasteiger partial charge >= 0.3 is 0 Å². The fourth-order valence-corrected chi connectivity index (χ4v) is 1.24. The van der Waals surface area contributed by atoms with E-state index in [1.807, 2.05) is 30.3 Å². The standard InChI is InChI=1S/C10H9N.Cu/c11-10-6-8-4-2-1-3-5-9(8)7-10;/h1-7H,11H2;. The van der Waals surface area contributed by atoms with Crippen LogP contribution in [0.1, 0.15) is 0 Å². The van der Waals surface area contributed by atoms with E-state index < -0.39 is 0 Å². The van der Waals surface area contributed by atoms with E-state index in [2.05, 4.69) is 12.1 Å². The predicted octanol–water partition coefficient (Wildman–Crippen LogP) is 2.37. The number of nitrogens with two attached hydrogens (primary N) is 1. The summed E-state index contributed by atoms with van der Waals surface area (Å²) in [6.45, 7) is 0. The van der Waals surface area contributed by atoms with Gasteiger partial charge in [0.25, 0.3) is 0 Å². The monoisotopic (exact) mass is 206 g/mol. The first-order chi connectivity index (χ1) is 5.36. The zero-order chi connectivity index (χ0) is 7.68. The Hall–Kier alpha value is -0.981. The molecule has 0 bridgehead atoms. The van der Waals surface area contributed by atoms with Gasteiger partial charge < -0.3 is 5.73 Å². The SMILES string of the molecule is Nc1cc2cccccc-2c1.[Cu]. The van der Waals surface area contributed by atoms with Crippen LogP contribution >= 0.6 is 0 Å². The van der Waals surface area contributed by atoms with E-state index in [-0.39, 0.29) is 17.1 Å². The van der Waals surface area contributed by atoms with Crippen molar-refractivity contribution < 1.29 is 17.1 Å². The Balaban J connectivity index is 0.000000720. The number of fused-ring (bicyclic) bond motifs is 1. The Bertz CT molecular complexity index is 315. The molecule has 0 aliphatic heterocycles. The zero-order valence-corrected chi connectivity index (χ0v) is 7.36. The van der Waals surface area contributed by atoms with Crippen LogP contribution in [0.3, 0.4) is 0 Å². The van der Waals surface area contributed by atoms with E-state index in [0.29, 0.717) is 0 Å². The van der Waals surface area contributed by atoms with Crippen LogP contribution in [0, 0.1) is 0 Å². The molecule has 0 amide bonds. The third kappa shape index (κ3) is 1.60. The topological polar surface area (TPSA) is 26.0 Å². The summed E-state index contributed by atoms with van der Waals surface area (Å²) in [7, 11) is 0. The molecule has 0 aromatic heterocycles. The van der Waals surface area contributed by atoms with Crippen LogP contribution in [-0.4, -0.2) is 0 Å². The van der Waals surface area contributed by atoms with Gasteiger partial charge in [0.1, 0.15) is 0 Å². The summed E-state index contributed by atoms with van der Waals surface area (Å²) in [4.78, 5) is 0. The number of hydrogen-bond acceptors (Lipinski definition) is 1. The predicted molar refractivity (Wildman–Crippen MR) is 47.5 cm³/mol. The minimum atomic E-state index is 0. The summed E-state index contributed by atoms with van der Waals surface area (Å²) < 4.78 is 0. The van der Waals surface area contributed by atoms with Crippen molar-refractivity contribution in [3.8, 4) is 11.1 Å². The number of nitrogen functional groups attached to an aromatic ring is 1. The molecule has 2 aliphatic rings. The van der Waals surface area contributed by atoms with Gasteiger partial charge in [-0.05, 0) is 23.3 Å². The van der Waals surface area contributed by atoms with Gasteiger partial charge in [-0.25, -0.2) is 0 Å². The van der Waals surface area contributed by atoms with Crippen LogP contribution in [0.4, 0.5) is 5.69 Å². The largest absolute Gasteiger partial charge is 0.399 e. The van der Waals surface area contributed by atoms with Crippen molar-refractivity contribution in [3.05, 3.63) is 42.5 Å². The Morgan fingerprint density at radius 1 is 0.833 bits per heavy atom. The van der Waals surface area contributed by atoms with E-state index in [0.717, 1.165) is 5.69 Å². The minimum absolute atomic E-state index is 0. The summed E-state index contributed by atoms with van der Waals surface area (Å²) in [6.07, 6.45) is 0. The zero-order valence-electron chi connectivity index (χ0n) is 6.42. The molecule has 0 atom stereocenters. The molecule has 2 rings (SSSR count). The van der Waals surface area contributed by atoms with Gasteiger partial charge in [-0.1, -0.05) is 30.3 Å². The van der Waals surface area contributed by atoms with Crippen molar-refractivity contribution in [1.29, 1.82) is 0 Å². The quantitative estimate of drug-likeness (QED) is 0.659. The number of rotatable bonds is 0. The first-order valence-electron chi connectivity index (χ1n) is 3.60. The minimum Gasteiger partial charge on any atom is -0.399 e. The maximum Gasteiger partial charge on any atom is 0.0326 e. The molecule has 0 saturated heterocycles. The number of hydrogen-bond donors (Lipinski definition) is 1. The molecule has 0 heterocycles. The van der Waals surface area contributed by atoms with Crippen LogP contribution < -0.4 is 5.73 Å². The van der Waals surface area contributed by atoms with Gasteiger partial charge in [-0.3, -0.25) is 0 Å². The third-order valence-electron chi connectivity index (χ3n) is 1.75. The summed E-state index contributed by atoms with van der Waals surface area (Å²) >= 11 is 0. The molecular weight excluding hydrogens is 198 g/mol. The van der Waals surface area contributed by atoms with Crippen LogP contribution in [-0.2, 0) is 17.1 Å². The average molecular weight is 207 g/mol. The van der Waals surface area contributed by atoms with Gasteiger partial charge in [0.15, 0.2) is 0 Å². The molecule has 0 saturated carbocycles. The van der Waals surface area contributed by atoms with Crippen molar-refractivity contribution in [1.82, 2.24) is 0 Å². The Labute approximate surface area is 82.4 Å². The Morgan fingerprint density at radius 2 is 1.33 bits per heavy atom. The molecule has 12 heavy (non-hydrogen) atoms. The van der Waals surface area contributed by atoms with Crippen LogP contribution in [0.5, 0.6) is 0 Å². The van der Waals surface area contributed by atoms with E-state index in [4.69, 9.17) is 5.73 Å². The van der Waals surface area contributed by atoms with Gasteiger partial charge in [-0.2, -0.15) is 0 Å². The summed E-state index contributed by atoms with van der Waals surface area (Å²) in [5.41, 5.74) is 8.87. The van der Waals surface area contributed by atoms with Crippen molar-refractivity contribution in [3.63, 3.8) is 0 Å². The molecule has 1 radical (unpaired) electrons. The number of anilines is 1. The van der Waals surface area contributed by atoms with Gasteiger partial charge in [0.05, 0.1) is 0 Å². The Morgan fingerprint density at radius 3 is 1.83 bits per heavy atom. The van der Waals surface area contributed by atoms with Crippen molar-refractivity contribution in [2.75, 3.05) is 5.73 Å². The summed E-state index contributed by atoms with van der Waals surface area (Å²) in [5.74, 6) is 0. The van der Waals surface area contributed by atoms with Crippen LogP contribution in [0.2, 0.25) is 0 Å². The maximum absolute atomic E-state index is 5.63. The van der Waals surface area contributed by atoms with Crippen molar-refractivity contribution in [2.24, 2.45) is 0 Å². The Kier molecular flexibility index (Phi) is 2.74. The van der Waals surface area contributed by atoms with E-state index in [9.17, 15) is 0 Å². The fourth-order valence-electron chi connectivity index (χ4n) is 1.24. The third-order valence-corrected chi connectivity index (χ3v) is 1.75. The molecule has 2 heteroatoms. The second-order valence-electron chi connectivity index (χ2n) is 2.61. The van der Waals surface area contributed by atoms with E-state index >= 15 is 0 Å². The molecule has 0 unspecified atom stereocenters. The molecule has 0 spiro atoms. The van der Waals surface area contributed by atoms with Crippen LogP contribution in [0.15, 0.2) is 42.5 Å². The molecule has 0 aromatic carbocycles. The van der Waals surface area contributed by atoms with Crippen molar-refractivity contribution >= 4 is 5.69 Å². The molecule has 0 aromatic rings. The van der Waals surface area contributed by atoms with Gasteiger partial charge in [-0.15, -0.1) is 0 Å². The normalized spacial score (nSPS) is 9.33. The second-order valence-corrected chi connectivity index (χ2v) is 2.61. The van der Waals surface area contributed by atoms with E-state index in [1.165, 1.54) is 11.1 Å². The molecular formula is C10H9CuN. The first-order valence-corrected chi connectivity index (χ1v) is 3.60. The maximum atomic E-state index is 5.63. The van der Waals surface area contributed by atoms with Gasteiger partial charge in [0.2, 0.25) is 0 Å². The smallest absolute Gasteiger partial charge is 0.0326 e. The van der Waals surface area contributed by atoms with Crippen molar-refractivity contribution in [2.45, 2.75) is 0 Å². The molecule has 2 aliphatic carbocycles. The van der Waals surface area contributed by atoms with E-state index in [1.54, 1.807) is 0 Å². The van der Waals surface area contributed by atoms with Crippen LogP contribution in [0.25, 0.3) is 11.1 Å². The fraction of sp³-hybridized carbons (Fsp3) is 0. The molecule has 2 N–H and O–H groups in total. The molecule has 65 valence electrons.